The van der Waals surface area contributed by atoms with E-state index in [-0.39, 0.29) is 24.8 Å². The summed E-state index contributed by atoms with van der Waals surface area (Å²) in [6.07, 6.45) is 0.222. The third-order valence-electron chi connectivity index (χ3n) is 5.23. The molecule has 2 heterocycles. The van der Waals surface area contributed by atoms with Gasteiger partial charge in [-0.15, -0.1) is 0 Å². The Hall–Kier alpha value is -2.74. The molecule has 1 aromatic rings. The van der Waals surface area contributed by atoms with Crippen LogP contribution in [0.15, 0.2) is 29.4 Å². The quantitative estimate of drug-likeness (QED) is 0.848. The van der Waals surface area contributed by atoms with Gasteiger partial charge in [0.1, 0.15) is 6.54 Å². The molecule has 2 aliphatic rings. The number of benzene rings is 1. The second kappa shape index (κ2) is 7.11. The van der Waals surface area contributed by atoms with Gasteiger partial charge in [-0.3, -0.25) is 14.4 Å². The highest BCUT2D eigenvalue weighted by Crippen LogP contribution is 2.29. The van der Waals surface area contributed by atoms with Gasteiger partial charge in [-0.1, -0.05) is 13.0 Å². The van der Waals surface area contributed by atoms with Crippen LogP contribution >= 0.6 is 0 Å². The highest BCUT2D eigenvalue weighted by atomic mass is 16.3. The molecule has 1 fully saturated rings. The first-order valence-corrected chi connectivity index (χ1v) is 9.11. The van der Waals surface area contributed by atoms with Crippen molar-refractivity contribution in [1.29, 1.82) is 0 Å². The highest BCUT2D eigenvalue weighted by Gasteiger charge is 2.46. The number of amides is 3. The summed E-state index contributed by atoms with van der Waals surface area (Å²) in [5, 5.41) is 15.8. The van der Waals surface area contributed by atoms with Gasteiger partial charge in [-0.2, -0.15) is 10.1 Å². The molecule has 0 unspecified atom stereocenters. The summed E-state index contributed by atoms with van der Waals surface area (Å²) in [5.74, 6) is -0.867. The third kappa shape index (κ3) is 3.21. The first kappa shape index (κ1) is 19.0. The number of piperazine rings is 1. The van der Waals surface area contributed by atoms with E-state index in [9.17, 15) is 19.5 Å². The van der Waals surface area contributed by atoms with Crippen LogP contribution < -0.4 is 5.01 Å². The first-order valence-electron chi connectivity index (χ1n) is 9.11. The molecule has 0 aliphatic carbocycles. The zero-order valence-electron chi connectivity index (χ0n) is 15.8. The van der Waals surface area contributed by atoms with Crippen molar-refractivity contribution >= 4 is 29.1 Å². The van der Waals surface area contributed by atoms with Gasteiger partial charge in [-0.25, -0.2) is 0 Å². The van der Waals surface area contributed by atoms with Crippen molar-refractivity contribution in [2.24, 2.45) is 5.10 Å². The summed E-state index contributed by atoms with van der Waals surface area (Å²) in [6.45, 7) is 6.89. The van der Waals surface area contributed by atoms with Crippen molar-refractivity contribution in [2.45, 2.75) is 32.8 Å². The molecule has 1 atom stereocenters. The number of anilines is 1. The molecular weight excluding hydrogens is 348 g/mol. The Balaban J connectivity index is 1.82. The van der Waals surface area contributed by atoms with Crippen LogP contribution in [0.3, 0.4) is 0 Å². The van der Waals surface area contributed by atoms with Gasteiger partial charge in [0.05, 0.1) is 11.4 Å². The summed E-state index contributed by atoms with van der Waals surface area (Å²) in [6, 6.07) is 6.53. The van der Waals surface area contributed by atoms with Crippen molar-refractivity contribution in [1.82, 2.24) is 9.80 Å². The number of likely N-dealkylation sites (N-methyl/N-ethyl adjacent to an activating group) is 1. The monoisotopic (exact) mass is 372 g/mol. The molecular formula is C19H24N4O4. The normalized spacial score (nSPS) is 23.1. The molecule has 27 heavy (non-hydrogen) atoms. The van der Waals surface area contributed by atoms with Gasteiger partial charge in [0.2, 0.25) is 5.91 Å². The zero-order chi connectivity index (χ0) is 19.8. The summed E-state index contributed by atoms with van der Waals surface area (Å²) in [4.78, 5) is 40.7. The van der Waals surface area contributed by atoms with E-state index >= 15 is 0 Å². The van der Waals surface area contributed by atoms with Gasteiger partial charge in [0.15, 0.2) is 5.60 Å². The minimum atomic E-state index is -1.61. The Morgan fingerprint density at radius 1 is 1.26 bits per heavy atom. The number of hydrogen-bond acceptors (Lipinski definition) is 5. The van der Waals surface area contributed by atoms with Crippen molar-refractivity contribution in [3.63, 3.8) is 0 Å². The summed E-state index contributed by atoms with van der Waals surface area (Å²) >= 11 is 0. The van der Waals surface area contributed by atoms with Crippen molar-refractivity contribution < 1.29 is 19.5 Å². The lowest BCUT2D eigenvalue weighted by Crippen LogP contribution is -2.52. The molecule has 1 aromatic carbocycles. The van der Waals surface area contributed by atoms with Gasteiger partial charge < -0.3 is 14.9 Å². The molecule has 3 amide bonds. The van der Waals surface area contributed by atoms with E-state index in [1.54, 1.807) is 43.0 Å². The molecule has 3 rings (SSSR count). The molecule has 0 saturated carbocycles. The molecule has 144 valence electrons. The fourth-order valence-corrected chi connectivity index (χ4v) is 3.36. The number of carbonyl (C=O) groups is 3. The Kier molecular flexibility index (Phi) is 5.01. The smallest absolute Gasteiger partial charge is 0.285 e. The van der Waals surface area contributed by atoms with Crippen LogP contribution in [0.1, 0.15) is 37.6 Å². The van der Waals surface area contributed by atoms with E-state index in [1.165, 1.54) is 4.90 Å². The molecule has 0 aromatic heterocycles. The molecule has 8 nitrogen and oxygen atoms in total. The maximum Gasteiger partial charge on any atom is 0.285 e. The summed E-state index contributed by atoms with van der Waals surface area (Å²) in [5.41, 5.74) is -0.498. The Bertz CT molecular complexity index is 822. The Morgan fingerprint density at radius 2 is 2.00 bits per heavy atom. The number of rotatable bonds is 4. The van der Waals surface area contributed by atoms with Crippen LogP contribution in [-0.4, -0.2) is 70.1 Å². The van der Waals surface area contributed by atoms with Crippen LogP contribution in [0.4, 0.5) is 5.69 Å². The van der Waals surface area contributed by atoms with Gasteiger partial charge in [0.25, 0.3) is 11.8 Å². The lowest BCUT2D eigenvalue weighted by molar-refractivity contribution is -0.134. The van der Waals surface area contributed by atoms with E-state index in [2.05, 4.69) is 5.10 Å². The molecule has 8 heteroatoms. The van der Waals surface area contributed by atoms with Crippen LogP contribution in [0, 0.1) is 0 Å². The number of hydrazone groups is 1. The largest absolute Gasteiger partial charge is 0.374 e. The average molecular weight is 372 g/mol. The second-order valence-electron chi connectivity index (χ2n) is 6.77. The van der Waals surface area contributed by atoms with E-state index in [0.29, 0.717) is 36.6 Å². The van der Waals surface area contributed by atoms with Crippen molar-refractivity contribution in [2.75, 3.05) is 31.2 Å². The van der Waals surface area contributed by atoms with Gasteiger partial charge in [0, 0.05) is 25.2 Å². The Labute approximate surface area is 158 Å². The SMILES string of the molecule is CCN1CCN(C(=O)c2cccc(N3N=C(C)[C@](O)(CC)C3=O)c2)CC1=O. The number of hydrogen-bond donors (Lipinski definition) is 1. The molecule has 2 aliphatic heterocycles. The zero-order valence-corrected chi connectivity index (χ0v) is 15.8. The third-order valence-corrected chi connectivity index (χ3v) is 5.23. The topological polar surface area (TPSA) is 93.5 Å². The van der Waals surface area contributed by atoms with Gasteiger partial charge in [-0.05, 0) is 38.5 Å². The maximum atomic E-state index is 12.8. The molecule has 0 bridgehead atoms. The first-order chi connectivity index (χ1) is 12.8. The van der Waals surface area contributed by atoms with Crippen molar-refractivity contribution in [3.05, 3.63) is 29.8 Å². The van der Waals surface area contributed by atoms with E-state index in [0.717, 1.165) is 5.01 Å². The second-order valence-corrected chi connectivity index (χ2v) is 6.77. The average Bonchev–Trinajstić information content (AvgIpc) is 2.92. The highest BCUT2D eigenvalue weighted by molar-refractivity contribution is 6.21. The van der Waals surface area contributed by atoms with Crippen molar-refractivity contribution in [3.8, 4) is 0 Å². The van der Waals surface area contributed by atoms with Gasteiger partial charge >= 0.3 is 0 Å². The van der Waals surface area contributed by atoms with Crippen LogP contribution in [0.5, 0.6) is 0 Å². The summed E-state index contributed by atoms with van der Waals surface area (Å²) in [7, 11) is 0. The predicted octanol–water partition coefficient (Wildman–Crippen LogP) is 0.854. The fourth-order valence-electron chi connectivity index (χ4n) is 3.36. The lowest BCUT2D eigenvalue weighted by atomic mass is 9.95. The van der Waals surface area contributed by atoms with E-state index in [1.807, 2.05) is 6.92 Å². The molecule has 0 radical (unpaired) electrons. The number of carbonyl (C=O) groups excluding carboxylic acids is 3. The minimum absolute atomic E-state index is 0.0480. The van der Waals surface area contributed by atoms with E-state index in [4.69, 9.17) is 0 Å². The molecule has 1 N–H and O–H groups in total. The molecule has 1 saturated heterocycles. The summed E-state index contributed by atoms with van der Waals surface area (Å²) < 4.78 is 0. The Morgan fingerprint density at radius 3 is 2.59 bits per heavy atom. The predicted molar refractivity (Wildman–Crippen MR) is 100 cm³/mol. The number of aliphatic hydroxyl groups is 1. The van der Waals surface area contributed by atoms with Crippen LogP contribution in [0.2, 0.25) is 0 Å². The van der Waals surface area contributed by atoms with Crippen LogP contribution in [0.25, 0.3) is 0 Å². The molecule has 0 spiro atoms. The lowest BCUT2D eigenvalue weighted by Gasteiger charge is -2.33. The van der Waals surface area contributed by atoms with E-state index < -0.39 is 11.5 Å². The standard InChI is InChI=1S/C19H24N4O4/c1-4-19(27)13(3)20-23(18(19)26)15-8-6-7-14(11-15)17(25)22-10-9-21(5-2)16(24)12-22/h6-8,11,27H,4-5,9-10,12H2,1-3H3/t19-/m1/s1. The minimum Gasteiger partial charge on any atom is -0.374 e. The maximum absolute atomic E-state index is 12.8. The van der Waals surface area contributed by atoms with Crippen LogP contribution in [-0.2, 0) is 9.59 Å². The number of nitrogens with zero attached hydrogens (tertiary/aromatic N) is 4. The fraction of sp³-hybridized carbons (Fsp3) is 0.474.